The second-order valence-corrected chi connectivity index (χ2v) is 5.22. The molecule has 0 unspecified atom stereocenters. The summed E-state index contributed by atoms with van der Waals surface area (Å²) in [6.45, 7) is 6.77. The van der Waals surface area contributed by atoms with Gasteiger partial charge in [0.15, 0.2) is 0 Å². The van der Waals surface area contributed by atoms with Crippen LogP contribution in [-0.2, 0) is 6.61 Å². The molecule has 16 heavy (non-hydrogen) atoms. The van der Waals surface area contributed by atoms with Gasteiger partial charge < -0.3 is 4.74 Å². The van der Waals surface area contributed by atoms with Crippen LogP contribution in [0.25, 0.3) is 0 Å². The molecule has 0 radical (unpaired) electrons. The fraction of sp³-hybridized carbons (Fsp3) is 0.308. The molecule has 0 saturated carbocycles. The van der Waals surface area contributed by atoms with Gasteiger partial charge in [-0.25, -0.2) is 4.98 Å². The van der Waals surface area contributed by atoms with E-state index < -0.39 is 0 Å². The quantitative estimate of drug-likeness (QED) is 0.807. The van der Waals surface area contributed by atoms with Crippen molar-refractivity contribution in [3.05, 3.63) is 45.4 Å². The molecule has 0 aliphatic heterocycles. The summed E-state index contributed by atoms with van der Waals surface area (Å²) < 4.78 is 5.76. The third kappa shape index (κ3) is 2.61. The molecular formula is C13H15NOS. The molecule has 0 spiro atoms. The normalized spacial score (nSPS) is 10.4. The van der Waals surface area contributed by atoms with Crippen molar-refractivity contribution < 1.29 is 4.74 Å². The highest BCUT2D eigenvalue weighted by Crippen LogP contribution is 2.21. The first-order chi connectivity index (χ1) is 7.65. The Bertz CT molecular complexity index is 490. The van der Waals surface area contributed by atoms with E-state index in [-0.39, 0.29) is 0 Å². The van der Waals surface area contributed by atoms with E-state index >= 15 is 0 Å². The molecule has 0 N–H and O–H groups in total. The van der Waals surface area contributed by atoms with Gasteiger partial charge in [0.25, 0.3) is 0 Å². The minimum Gasteiger partial charge on any atom is -0.488 e. The van der Waals surface area contributed by atoms with Crippen molar-refractivity contribution in [1.29, 1.82) is 0 Å². The Morgan fingerprint density at radius 1 is 1.25 bits per heavy atom. The molecule has 2 nitrogen and oxygen atoms in total. The Balaban J connectivity index is 2.04. The average Bonchev–Trinajstić information content (AvgIpc) is 2.63. The zero-order chi connectivity index (χ0) is 11.5. The molecule has 0 bridgehead atoms. The van der Waals surface area contributed by atoms with Gasteiger partial charge in [0.05, 0.1) is 9.88 Å². The lowest BCUT2D eigenvalue weighted by molar-refractivity contribution is 0.307. The van der Waals surface area contributed by atoms with Crippen LogP contribution in [0.3, 0.4) is 0 Å². The van der Waals surface area contributed by atoms with Crippen molar-refractivity contribution in [3.8, 4) is 5.75 Å². The molecular weight excluding hydrogens is 218 g/mol. The number of aromatic nitrogens is 1. The van der Waals surface area contributed by atoms with Crippen LogP contribution in [0.4, 0.5) is 0 Å². The number of benzene rings is 1. The zero-order valence-electron chi connectivity index (χ0n) is 9.78. The summed E-state index contributed by atoms with van der Waals surface area (Å²) in [6.07, 6.45) is 1.88. The number of hydrogen-bond donors (Lipinski definition) is 0. The molecule has 2 aromatic rings. The van der Waals surface area contributed by atoms with Gasteiger partial charge >= 0.3 is 0 Å². The van der Waals surface area contributed by atoms with E-state index in [1.54, 1.807) is 11.3 Å². The van der Waals surface area contributed by atoms with Crippen molar-refractivity contribution in [2.24, 2.45) is 0 Å². The standard InChI is InChI=1S/C13H15NOS/c1-9-4-5-13(10(2)6-9)15-8-12-7-14-11(3)16-12/h4-7H,8H2,1-3H3. The third-order valence-corrected chi connectivity index (χ3v) is 3.26. The first-order valence-corrected chi connectivity index (χ1v) is 6.08. The molecule has 0 aliphatic rings. The average molecular weight is 233 g/mol. The first-order valence-electron chi connectivity index (χ1n) is 5.26. The van der Waals surface area contributed by atoms with Crippen LogP contribution in [0.2, 0.25) is 0 Å². The Kier molecular flexibility index (Phi) is 3.25. The van der Waals surface area contributed by atoms with Crippen LogP contribution in [-0.4, -0.2) is 4.98 Å². The highest BCUT2D eigenvalue weighted by molar-refractivity contribution is 7.11. The maximum atomic E-state index is 5.76. The summed E-state index contributed by atoms with van der Waals surface area (Å²) in [4.78, 5) is 5.37. The molecule has 3 heteroatoms. The number of hydrogen-bond acceptors (Lipinski definition) is 3. The van der Waals surface area contributed by atoms with Gasteiger partial charge in [0.2, 0.25) is 0 Å². The van der Waals surface area contributed by atoms with Crippen molar-refractivity contribution in [2.45, 2.75) is 27.4 Å². The van der Waals surface area contributed by atoms with Crippen molar-refractivity contribution in [3.63, 3.8) is 0 Å². The van der Waals surface area contributed by atoms with Crippen molar-refractivity contribution in [1.82, 2.24) is 4.98 Å². The molecule has 1 aromatic heterocycles. The summed E-state index contributed by atoms with van der Waals surface area (Å²) >= 11 is 1.68. The molecule has 1 heterocycles. The lowest BCUT2D eigenvalue weighted by atomic mass is 10.1. The minimum absolute atomic E-state index is 0.607. The number of thiazole rings is 1. The molecule has 0 fully saturated rings. The molecule has 0 atom stereocenters. The van der Waals surface area contributed by atoms with Crippen LogP contribution >= 0.6 is 11.3 Å². The fourth-order valence-corrected chi connectivity index (χ4v) is 2.29. The topological polar surface area (TPSA) is 22.1 Å². The van der Waals surface area contributed by atoms with Gasteiger partial charge in [-0.2, -0.15) is 0 Å². The smallest absolute Gasteiger partial charge is 0.124 e. The SMILES string of the molecule is Cc1ccc(OCc2cnc(C)s2)c(C)c1. The highest BCUT2D eigenvalue weighted by atomic mass is 32.1. The van der Waals surface area contributed by atoms with Gasteiger partial charge in [-0.15, -0.1) is 11.3 Å². The van der Waals surface area contributed by atoms with E-state index in [0.29, 0.717) is 6.61 Å². The highest BCUT2D eigenvalue weighted by Gasteiger charge is 2.02. The fourth-order valence-electron chi connectivity index (χ4n) is 1.58. The van der Waals surface area contributed by atoms with Gasteiger partial charge in [0.1, 0.15) is 12.4 Å². The molecule has 1 aromatic carbocycles. The summed E-state index contributed by atoms with van der Waals surface area (Å²) in [5.41, 5.74) is 2.44. The maximum Gasteiger partial charge on any atom is 0.124 e. The predicted octanol–water partition coefficient (Wildman–Crippen LogP) is 3.65. The van der Waals surface area contributed by atoms with E-state index in [1.165, 1.54) is 11.1 Å². The third-order valence-electron chi connectivity index (χ3n) is 2.37. The number of ether oxygens (including phenoxy) is 1. The van der Waals surface area contributed by atoms with Crippen LogP contribution < -0.4 is 4.74 Å². The summed E-state index contributed by atoms with van der Waals surface area (Å²) in [7, 11) is 0. The van der Waals surface area contributed by atoms with Gasteiger partial charge in [-0.1, -0.05) is 17.7 Å². The predicted molar refractivity (Wildman–Crippen MR) is 67.1 cm³/mol. The summed E-state index contributed by atoms with van der Waals surface area (Å²) in [5.74, 6) is 0.955. The Morgan fingerprint density at radius 3 is 2.69 bits per heavy atom. The van der Waals surface area contributed by atoms with Crippen LogP contribution in [0, 0.1) is 20.8 Å². The maximum absolute atomic E-state index is 5.76. The van der Waals surface area contributed by atoms with E-state index in [1.807, 2.05) is 19.2 Å². The molecule has 84 valence electrons. The largest absolute Gasteiger partial charge is 0.488 e. The number of nitrogens with zero attached hydrogens (tertiary/aromatic N) is 1. The lowest BCUT2D eigenvalue weighted by Crippen LogP contribution is -1.95. The van der Waals surface area contributed by atoms with E-state index in [4.69, 9.17) is 4.74 Å². The van der Waals surface area contributed by atoms with E-state index in [2.05, 4.69) is 31.0 Å². The van der Waals surface area contributed by atoms with Crippen LogP contribution in [0.5, 0.6) is 5.75 Å². The molecule has 2 rings (SSSR count). The minimum atomic E-state index is 0.607. The number of rotatable bonds is 3. The Hall–Kier alpha value is -1.35. The van der Waals surface area contributed by atoms with Crippen LogP contribution in [0.1, 0.15) is 21.0 Å². The molecule has 0 saturated heterocycles. The van der Waals surface area contributed by atoms with E-state index in [9.17, 15) is 0 Å². The van der Waals surface area contributed by atoms with Gasteiger partial charge in [-0.05, 0) is 32.4 Å². The monoisotopic (exact) mass is 233 g/mol. The second-order valence-electron chi connectivity index (χ2n) is 3.90. The van der Waals surface area contributed by atoms with E-state index in [0.717, 1.165) is 15.6 Å². The van der Waals surface area contributed by atoms with Gasteiger partial charge in [-0.3, -0.25) is 0 Å². The van der Waals surface area contributed by atoms with Crippen LogP contribution in [0.15, 0.2) is 24.4 Å². The van der Waals surface area contributed by atoms with Crippen molar-refractivity contribution >= 4 is 11.3 Å². The van der Waals surface area contributed by atoms with Crippen molar-refractivity contribution in [2.75, 3.05) is 0 Å². The molecule has 0 amide bonds. The summed E-state index contributed by atoms with van der Waals surface area (Å²) in [5, 5.41) is 1.08. The lowest BCUT2D eigenvalue weighted by Gasteiger charge is -2.08. The zero-order valence-corrected chi connectivity index (χ0v) is 10.6. The summed E-state index contributed by atoms with van der Waals surface area (Å²) in [6, 6.07) is 6.23. The number of aryl methyl sites for hydroxylation is 3. The second kappa shape index (κ2) is 4.66. The molecule has 0 aliphatic carbocycles. The van der Waals surface area contributed by atoms with Gasteiger partial charge in [0, 0.05) is 6.20 Å². The Labute approximate surface area is 99.9 Å². The first kappa shape index (κ1) is 11.1. The Morgan fingerprint density at radius 2 is 2.06 bits per heavy atom.